The van der Waals surface area contributed by atoms with Gasteiger partial charge in [-0.05, 0) is 42.0 Å². The molecule has 2 aliphatic heterocycles. The third-order valence-electron chi connectivity index (χ3n) is 6.07. The Kier molecular flexibility index (Phi) is 6.61. The number of morpholine rings is 1. The molecule has 0 saturated carbocycles. The molecule has 9 heteroatoms. The standard InChI is InChI=1S/C26H27N3O5S/c30-26(27-21-10-12-22(13-11-21)28-14-16-33-17-15-28)25-18-29(23-8-4-5-9-24(23)34-25)35(31,32)19-20-6-2-1-3-7-20/h1-13,25H,14-19H2,(H,27,30)/t25-/m1/s1. The van der Waals surface area contributed by atoms with E-state index in [4.69, 9.17) is 9.47 Å². The molecule has 1 amide bonds. The molecule has 182 valence electrons. The monoisotopic (exact) mass is 493 g/mol. The quantitative estimate of drug-likeness (QED) is 0.567. The van der Waals surface area contributed by atoms with Gasteiger partial charge in [-0.2, -0.15) is 0 Å². The van der Waals surface area contributed by atoms with Crippen LogP contribution in [0, 0.1) is 0 Å². The number of rotatable bonds is 6. The number of para-hydroxylation sites is 2. The van der Waals surface area contributed by atoms with Crippen LogP contribution in [0.5, 0.6) is 5.75 Å². The van der Waals surface area contributed by atoms with Crippen molar-refractivity contribution in [3.63, 3.8) is 0 Å². The topological polar surface area (TPSA) is 88.2 Å². The Balaban J connectivity index is 1.32. The molecule has 1 N–H and O–H groups in total. The zero-order valence-electron chi connectivity index (χ0n) is 19.2. The lowest BCUT2D eigenvalue weighted by molar-refractivity contribution is -0.122. The molecule has 0 aliphatic carbocycles. The molecule has 0 unspecified atom stereocenters. The minimum Gasteiger partial charge on any atom is -0.476 e. The summed E-state index contributed by atoms with van der Waals surface area (Å²) in [6, 6.07) is 23.5. The molecule has 0 spiro atoms. The van der Waals surface area contributed by atoms with Crippen molar-refractivity contribution in [1.29, 1.82) is 0 Å². The molecule has 1 atom stereocenters. The fourth-order valence-electron chi connectivity index (χ4n) is 4.26. The van der Waals surface area contributed by atoms with Gasteiger partial charge in [0.25, 0.3) is 5.91 Å². The van der Waals surface area contributed by atoms with Crippen LogP contribution in [0.2, 0.25) is 0 Å². The van der Waals surface area contributed by atoms with E-state index in [2.05, 4.69) is 10.2 Å². The molecule has 8 nitrogen and oxygen atoms in total. The average molecular weight is 494 g/mol. The molecular formula is C26H27N3O5S. The Morgan fingerprint density at radius 3 is 2.34 bits per heavy atom. The summed E-state index contributed by atoms with van der Waals surface area (Å²) in [5, 5.41) is 2.87. The van der Waals surface area contributed by atoms with E-state index in [1.54, 1.807) is 48.5 Å². The molecule has 3 aromatic carbocycles. The Morgan fingerprint density at radius 1 is 0.914 bits per heavy atom. The third kappa shape index (κ3) is 5.26. The molecule has 0 bridgehead atoms. The van der Waals surface area contributed by atoms with Crippen LogP contribution >= 0.6 is 0 Å². The first-order valence-electron chi connectivity index (χ1n) is 11.5. The van der Waals surface area contributed by atoms with E-state index in [-0.39, 0.29) is 12.3 Å². The summed E-state index contributed by atoms with van der Waals surface area (Å²) in [6.45, 7) is 2.94. The van der Waals surface area contributed by atoms with Crippen LogP contribution in [-0.4, -0.2) is 53.3 Å². The number of sulfonamides is 1. The van der Waals surface area contributed by atoms with Crippen molar-refractivity contribution in [2.45, 2.75) is 11.9 Å². The summed E-state index contributed by atoms with van der Waals surface area (Å²) in [5.74, 6) is -0.212. The zero-order chi connectivity index (χ0) is 24.3. The van der Waals surface area contributed by atoms with E-state index in [1.165, 1.54) is 4.31 Å². The highest BCUT2D eigenvalue weighted by Gasteiger charge is 2.36. The van der Waals surface area contributed by atoms with E-state index < -0.39 is 22.0 Å². The van der Waals surface area contributed by atoms with Crippen molar-refractivity contribution in [2.24, 2.45) is 0 Å². The summed E-state index contributed by atoms with van der Waals surface area (Å²) >= 11 is 0. The Morgan fingerprint density at radius 2 is 1.60 bits per heavy atom. The van der Waals surface area contributed by atoms with Crippen molar-refractivity contribution in [2.75, 3.05) is 47.4 Å². The first kappa shape index (κ1) is 23.2. The van der Waals surface area contributed by atoms with Gasteiger partial charge in [0, 0.05) is 24.5 Å². The molecule has 2 aliphatic rings. The number of hydrogen-bond donors (Lipinski definition) is 1. The second kappa shape index (κ2) is 9.97. The number of nitrogens with zero attached hydrogens (tertiary/aromatic N) is 2. The number of carbonyl (C=O) groups excluding carboxylic acids is 1. The second-order valence-corrected chi connectivity index (χ2v) is 10.4. The number of ether oxygens (including phenoxy) is 2. The van der Waals surface area contributed by atoms with Gasteiger partial charge in [-0.25, -0.2) is 8.42 Å². The maximum Gasteiger partial charge on any atom is 0.267 e. The number of fused-ring (bicyclic) bond motifs is 1. The van der Waals surface area contributed by atoms with Crippen molar-refractivity contribution >= 4 is 33.0 Å². The number of benzene rings is 3. The van der Waals surface area contributed by atoms with Gasteiger partial charge < -0.3 is 19.7 Å². The van der Waals surface area contributed by atoms with Gasteiger partial charge in [0.15, 0.2) is 6.10 Å². The summed E-state index contributed by atoms with van der Waals surface area (Å²) in [6.07, 6.45) is -0.991. The Labute approximate surface area is 205 Å². The Bertz CT molecular complexity index is 1280. The smallest absolute Gasteiger partial charge is 0.267 e. The van der Waals surface area contributed by atoms with Gasteiger partial charge in [0.2, 0.25) is 10.0 Å². The fourth-order valence-corrected chi connectivity index (χ4v) is 5.85. The van der Waals surface area contributed by atoms with Crippen LogP contribution in [0.4, 0.5) is 17.1 Å². The summed E-state index contributed by atoms with van der Waals surface area (Å²) in [4.78, 5) is 15.3. The van der Waals surface area contributed by atoms with Crippen LogP contribution in [0.3, 0.4) is 0 Å². The summed E-state index contributed by atoms with van der Waals surface area (Å²) < 4.78 is 39.3. The minimum absolute atomic E-state index is 0.107. The molecule has 5 rings (SSSR count). The van der Waals surface area contributed by atoms with Crippen molar-refractivity contribution < 1.29 is 22.7 Å². The van der Waals surface area contributed by atoms with Gasteiger partial charge in [0.05, 0.1) is 31.2 Å². The van der Waals surface area contributed by atoms with Gasteiger partial charge in [-0.15, -0.1) is 0 Å². The van der Waals surface area contributed by atoms with E-state index in [1.807, 2.05) is 30.3 Å². The van der Waals surface area contributed by atoms with Gasteiger partial charge in [-0.1, -0.05) is 42.5 Å². The van der Waals surface area contributed by atoms with Gasteiger partial charge in [0.1, 0.15) is 5.75 Å². The lowest BCUT2D eigenvalue weighted by Gasteiger charge is -2.34. The maximum absolute atomic E-state index is 13.4. The number of hydrogen-bond acceptors (Lipinski definition) is 6. The van der Waals surface area contributed by atoms with Crippen molar-refractivity contribution in [3.8, 4) is 5.75 Å². The van der Waals surface area contributed by atoms with Crippen LogP contribution < -0.4 is 19.3 Å². The van der Waals surface area contributed by atoms with E-state index >= 15 is 0 Å². The van der Waals surface area contributed by atoms with E-state index in [0.717, 1.165) is 18.8 Å². The predicted octanol–water partition coefficient (Wildman–Crippen LogP) is 3.26. The molecule has 3 aromatic rings. The summed E-state index contributed by atoms with van der Waals surface area (Å²) in [7, 11) is -3.75. The highest BCUT2D eigenvalue weighted by atomic mass is 32.2. The lowest BCUT2D eigenvalue weighted by atomic mass is 10.2. The average Bonchev–Trinajstić information content (AvgIpc) is 2.89. The number of amides is 1. The maximum atomic E-state index is 13.4. The molecule has 0 radical (unpaired) electrons. The summed E-state index contributed by atoms with van der Waals surface area (Å²) in [5.41, 5.74) is 2.79. The van der Waals surface area contributed by atoms with E-state index in [9.17, 15) is 13.2 Å². The molecule has 0 aromatic heterocycles. The number of carbonyl (C=O) groups is 1. The zero-order valence-corrected chi connectivity index (χ0v) is 20.0. The molecule has 1 saturated heterocycles. The van der Waals surface area contributed by atoms with Crippen molar-refractivity contribution in [3.05, 3.63) is 84.4 Å². The van der Waals surface area contributed by atoms with Gasteiger partial charge >= 0.3 is 0 Å². The largest absolute Gasteiger partial charge is 0.476 e. The van der Waals surface area contributed by atoms with E-state index in [0.29, 0.717) is 35.9 Å². The van der Waals surface area contributed by atoms with Crippen LogP contribution in [0.25, 0.3) is 0 Å². The second-order valence-electron chi connectivity index (χ2n) is 8.48. The molecular weight excluding hydrogens is 466 g/mol. The molecule has 2 heterocycles. The molecule has 35 heavy (non-hydrogen) atoms. The van der Waals surface area contributed by atoms with Crippen LogP contribution in [-0.2, 0) is 25.3 Å². The minimum atomic E-state index is -3.75. The lowest BCUT2D eigenvalue weighted by Crippen LogP contribution is -2.49. The highest BCUT2D eigenvalue weighted by Crippen LogP contribution is 2.36. The predicted molar refractivity (Wildman–Crippen MR) is 135 cm³/mol. The number of nitrogens with one attached hydrogen (secondary N) is 1. The molecule has 1 fully saturated rings. The fraction of sp³-hybridized carbons (Fsp3) is 0.269. The van der Waals surface area contributed by atoms with Crippen LogP contribution in [0.1, 0.15) is 5.56 Å². The SMILES string of the molecule is O=C(Nc1ccc(N2CCOCC2)cc1)[C@H]1CN(S(=O)(=O)Cc2ccccc2)c2ccccc2O1. The highest BCUT2D eigenvalue weighted by molar-refractivity contribution is 7.92. The first-order valence-corrected chi connectivity index (χ1v) is 13.1. The van der Waals surface area contributed by atoms with Crippen molar-refractivity contribution in [1.82, 2.24) is 0 Å². The van der Waals surface area contributed by atoms with Gasteiger partial charge in [-0.3, -0.25) is 9.10 Å². The third-order valence-corrected chi connectivity index (χ3v) is 7.78. The number of anilines is 3. The first-order chi connectivity index (χ1) is 17.0. The Hall–Kier alpha value is -3.56. The normalized spacial score (nSPS) is 17.9. The van der Waals surface area contributed by atoms with Crippen LogP contribution in [0.15, 0.2) is 78.9 Å².